The molecule has 0 saturated carbocycles. The van der Waals surface area contributed by atoms with Gasteiger partial charge in [0.1, 0.15) is 6.04 Å². The van der Waals surface area contributed by atoms with E-state index in [0.29, 0.717) is 12.8 Å². The summed E-state index contributed by atoms with van der Waals surface area (Å²) < 4.78 is 60.6. The van der Waals surface area contributed by atoms with Crippen LogP contribution in [0.15, 0.2) is 0 Å². The first-order valence-corrected chi connectivity index (χ1v) is 12.9. The fraction of sp³-hybridized carbons (Fsp3) is 0.957. The monoisotopic (exact) mass is 471 g/mol. The minimum Gasteiger partial charge on any atom is -0.462 e. The predicted molar refractivity (Wildman–Crippen MR) is 122 cm³/mol. The summed E-state index contributed by atoms with van der Waals surface area (Å²) in [5, 5.41) is 0. The molecular weight excluding hydrogens is 427 g/mol. The van der Waals surface area contributed by atoms with E-state index in [2.05, 4.69) is 11.6 Å². The lowest BCUT2D eigenvalue weighted by atomic mass is 9.93. The Morgan fingerprint density at radius 3 is 1.84 bits per heavy atom. The van der Waals surface area contributed by atoms with Crippen LogP contribution in [0.1, 0.15) is 112 Å². The second-order valence-corrected chi connectivity index (χ2v) is 11.4. The summed E-state index contributed by atoms with van der Waals surface area (Å²) in [4.78, 5) is 12.6. The van der Waals surface area contributed by atoms with Crippen molar-refractivity contribution < 1.29 is 26.9 Å². The summed E-state index contributed by atoms with van der Waals surface area (Å²) >= 11 is 0. The van der Waals surface area contributed by atoms with Crippen molar-refractivity contribution in [3.05, 3.63) is 0 Å². The van der Waals surface area contributed by atoms with Gasteiger partial charge >= 0.3 is 12.1 Å². The molecule has 0 aliphatic heterocycles. The van der Waals surface area contributed by atoms with Gasteiger partial charge < -0.3 is 4.74 Å². The molecule has 0 saturated heterocycles. The van der Waals surface area contributed by atoms with Crippen LogP contribution in [0, 0.1) is 5.92 Å². The topological polar surface area (TPSA) is 55.4 Å². The first-order valence-electron chi connectivity index (χ1n) is 11.8. The Morgan fingerprint density at radius 1 is 0.935 bits per heavy atom. The summed E-state index contributed by atoms with van der Waals surface area (Å²) in [6, 6.07) is -2.20. The Kier molecular flexibility index (Phi) is 14.9. The minimum absolute atomic E-state index is 0.0591. The van der Waals surface area contributed by atoms with E-state index in [1.54, 1.807) is 27.7 Å². The molecule has 0 aliphatic rings. The fourth-order valence-electron chi connectivity index (χ4n) is 3.13. The highest BCUT2D eigenvalue weighted by atomic mass is 32.2. The highest BCUT2D eigenvalue weighted by Gasteiger charge is 2.49. The molecular formula is C23H44F3NO3S. The van der Waals surface area contributed by atoms with Crippen LogP contribution in [0.4, 0.5) is 13.2 Å². The zero-order valence-corrected chi connectivity index (χ0v) is 21.1. The van der Waals surface area contributed by atoms with E-state index in [1.165, 1.54) is 25.7 Å². The number of hydrogen-bond acceptors (Lipinski definition) is 3. The molecule has 0 heterocycles. The van der Waals surface area contributed by atoms with E-state index in [9.17, 15) is 22.2 Å². The summed E-state index contributed by atoms with van der Waals surface area (Å²) in [6.07, 6.45) is 4.68. The molecule has 0 aromatic rings. The average Bonchev–Trinajstić information content (AvgIpc) is 2.66. The normalized spacial score (nSPS) is 16.5. The van der Waals surface area contributed by atoms with Gasteiger partial charge in [0.05, 0.1) is 27.8 Å². The molecule has 8 heteroatoms. The van der Waals surface area contributed by atoms with Gasteiger partial charge in [0.15, 0.2) is 0 Å². The van der Waals surface area contributed by atoms with Crippen LogP contribution in [-0.4, -0.2) is 33.2 Å². The lowest BCUT2D eigenvalue weighted by Crippen LogP contribution is -2.54. The third-order valence-electron chi connectivity index (χ3n) is 5.36. The number of ether oxygens (including phenoxy) is 1. The van der Waals surface area contributed by atoms with Crippen LogP contribution in [0.2, 0.25) is 0 Å². The molecule has 0 aliphatic carbocycles. The van der Waals surface area contributed by atoms with E-state index < -0.39 is 45.9 Å². The third-order valence-corrected chi connectivity index (χ3v) is 6.94. The molecule has 0 radical (unpaired) electrons. The van der Waals surface area contributed by atoms with Gasteiger partial charge in [-0.15, -0.1) is 0 Å². The second-order valence-electron chi connectivity index (χ2n) is 9.40. The van der Waals surface area contributed by atoms with Gasteiger partial charge in [0.2, 0.25) is 0 Å². The van der Waals surface area contributed by atoms with E-state index >= 15 is 0 Å². The van der Waals surface area contributed by atoms with Crippen LogP contribution >= 0.6 is 0 Å². The maximum absolute atomic E-state index is 13.9. The number of carbonyl (C=O) groups excluding carboxylic acids is 1. The number of hydrogen-bond donors (Lipinski definition) is 1. The van der Waals surface area contributed by atoms with Crippen LogP contribution in [0.25, 0.3) is 0 Å². The van der Waals surface area contributed by atoms with Gasteiger partial charge in [0, 0.05) is 0 Å². The van der Waals surface area contributed by atoms with Crippen molar-refractivity contribution in [3.8, 4) is 0 Å². The Bertz CT molecular complexity index is 521. The standard InChI is InChI=1S/C23H44F3NO3S/c1-7-9-10-11-12-13-14-15-16-17-19(21(28)30-18(3)8-2)20(23(24,25)26)27-31(29)22(4,5)6/h18-20,27H,7-17H2,1-6H3/t18?,19-,20-,31-/m0/s1. The van der Waals surface area contributed by atoms with Crippen LogP contribution in [0.5, 0.6) is 0 Å². The second kappa shape index (κ2) is 15.3. The number of esters is 1. The lowest BCUT2D eigenvalue weighted by molar-refractivity contribution is -0.182. The zero-order chi connectivity index (χ0) is 24.1. The molecule has 186 valence electrons. The molecule has 0 rings (SSSR count). The van der Waals surface area contributed by atoms with Gasteiger partial charge in [-0.1, -0.05) is 71.6 Å². The summed E-state index contributed by atoms with van der Waals surface area (Å²) in [6.45, 7) is 10.4. The Balaban J connectivity index is 5.07. The van der Waals surface area contributed by atoms with Crippen molar-refractivity contribution in [2.75, 3.05) is 0 Å². The molecule has 0 aromatic heterocycles. The number of nitrogens with one attached hydrogen (secondary N) is 1. The maximum Gasteiger partial charge on any atom is 0.405 e. The Morgan fingerprint density at radius 2 is 1.42 bits per heavy atom. The van der Waals surface area contributed by atoms with E-state index in [1.807, 2.05) is 6.92 Å². The van der Waals surface area contributed by atoms with Crippen molar-refractivity contribution in [3.63, 3.8) is 0 Å². The van der Waals surface area contributed by atoms with Crippen LogP contribution in [-0.2, 0) is 20.5 Å². The van der Waals surface area contributed by atoms with Gasteiger partial charge in [-0.3, -0.25) is 4.79 Å². The third kappa shape index (κ3) is 13.5. The van der Waals surface area contributed by atoms with Crippen molar-refractivity contribution in [2.24, 2.45) is 5.92 Å². The molecule has 31 heavy (non-hydrogen) atoms. The summed E-state index contributed by atoms with van der Waals surface area (Å²) in [5.74, 6) is -2.28. The summed E-state index contributed by atoms with van der Waals surface area (Å²) in [5.41, 5.74) is 0. The first-order chi connectivity index (χ1) is 14.3. The van der Waals surface area contributed by atoms with Crippen molar-refractivity contribution in [1.82, 2.24) is 4.72 Å². The zero-order valence-electron chi connectivity index (χ0n) is 20.3. The SMILES string of the molecule is CCCCCCCCCCC[C@H](C(=O)OC(C)CC)[C@H](N[S@@](=O)C(C)(C)C)C(F)(F)F. The number of carbonyl (C=O) groups is 1. The summed E-state index contributed by atoms with van der Waals surface area (Å²) in [7, 11) is -1.96. The Labute approximate surface area is 190 Å². The Hall–Kier alpha value is -0.630. The van der Waals surface area contributed by atoms with E-state index in [-0.39, 0.29) is 6.42 Å². The highest BCUT2D eigenvalue weighted by molar-refractivity contribution is 7.84. The van der Waals surface area contributed by atoms with Gasteiger partial charge in [-0.25, -0.2) is 8.93 Å². The molecule has 0 fully saturated rings. The van der Waals surface area contributed by atoms with Crippen LogP contribution in [0.3, 0.4) is 0 Å². The largest absolute Gasteiger partial charge is 0.462 e. The number of alkyl halides is 3. The van der Waals surface area contributed by atoms with Crippen molar-refractivity contribution in [1.29, 1.82) is 0 Å². The smallest absolute Gasteiger partial charge is 0.405 e. The molecule has 0 bridgehead atoms. The number of unbranched alkanes of at least 4 members (excludes halogenated alkanes) is 8. The van der Waals surface area contributed by atoms with Gasteiger partial charge in [0.25, 0.3) is 0 Å². The molecule has 4 nitrogen and oxygen atoms in total. The van der Waals surface area contributed by atoms with Crippen molar-refractivity contribution >= 4 is 17.0 Å². The average molecular weight is 472 g/mol. The first kappa shape index (κ1) is 30.4. The van der Waals surface area contributed by atoms with Gasteiger partial charge in [-0.05, 0) is 40.5 Å². The van der Waals surface area contributed by atoms with Crippen LogP contribution < -0.4 is 4.72 Å². The molecule has 0 amide bonds. The van der Waals surface area contributed by atoms with Crippen molar-refractivity contribution in [2.45, 2.75) is 135 Å². The number of halogens is 3. The number of rotatable bonds is 16. The fourth-order valence-corrected chi connectivity index (χ4v) is 4.02. The maximum atomic E-state index is 13.9. The molecule has 0 aromatic carbocycles. The highest BCUT2D eigenvalue weighted by Crippen LogP contribution is 2.31. The quantitative estimate of drug-likeness (QED) is 0.198. The van der Waals surface area contributed by atoms with E-state index in [0.717, 1.165) is 25.7 Å². The molecule has 0 spiro atoms. The molecule has 4 atom stereocenters. The van der Waals surface area contributed by atoms with E-state index in [4.69, 9.17) is 4.74 Å². The lowest BCUT2D eigenvalue weighted by Gasteiger charge is -2.31. The minimum atomic E-state index is -4.71. The predicted octanol–water partition coefficient (Wildman–Crippen LogP) is 6.85. The molecule has 1 unspecified atom stereocenters. The molecule has 1 N–H and O–H groups in total. The van der Waals surface area contributed by atoms with Gasteiger partial charge in [-0.2, -0.15) is 13.2 Å².